The van der Waals surface area contributed by atoms with Crippen LogP contribution < -0.4 is 0 Å². The lowest BCUT2D eigenvalue weighted by Gasteiger charge is -2.33. The van der Waals surface area contributed by atoms with E-state index in [0.717, 1.165) is 19.3 Å². The standard InChI is InChI=1S/C18H20O3/c1-11-7-14-10-13(9-12-5-3-2-4-6-12)16-18(14,20)15(8-11)17(19)21-16/h2-6,8,11,13-14,16,20H,7,9-10H2,1H3/t11-,13-,14+,16?,18+/m1/s1. The first-order chi connectivity index (χ1) is 10.1. The van der Waals surface area contributed by atoms with Crippen molar-refractivity contribution in [1.82, 2.24) is 0 Å². The molecule has 1 aromatic carbocycles. The lowest BCUT2D eigenvalue weighted by molar-refractivity contribution is -0.142. The van der Waals surface area contributed by atoms with Crippen LogP contribution in [0.3, 0.4) is 0 Å². The third-order valence-electron chi connectivity index (χ3n) is 5.41. The molecule has 4 rings (SSSR count). The average molecular weight is 284 g/mol. The van der Waals surface area contributed by atoms with Crippen molar-refractivity contribution in [3.63, 3.8) is 0 Å². The van der Waals surface area contributed by atoms with Crippen molar-refractivity contribution in [2.75, 3.05) is 0 Å². The van der Waals surface area contributed by atoms with E-state index in [2.05, 4.69) is 19.1 Å². The summed E-state index contributed by atoms with van der Waals surface area (Å²) in [6, 6.07) is 10.3. The van der Waals surface area contributed by atoms with Gasteiger partial charge >= 0.3 is 5.97 Å². The van der Waals surface area contributed by atoms with Gasteiger partial charge in [0.25, 0.3) is 0 Å². The molecule has 0 bridgehead atoms. The molecule has 1 saturated heterocycles. The summed E-state index contributed by atoms with van der Waals surface area (Å²) < 4.78 is 5.58. The molecule has 0 aromatic heterocycles. The molecule has 3 nitrogen and oxygen atoms in total. The van der Waals surface area contributed by atoms with Crippen LogP contribution in [-0.2, 0) is 16.0 Å². The summed E-state index contributed by atoms with van der Waals surface area (Å²) >= 11 is 0. The van der Waals surface area contributed by atoms with E-state index in [1.54, 1.807) is 0 Å². The Morgan fingerprint density at radius 2 is 2.05 bits per heavy atom. The fourth-order valence-corrected chi connectivity index (χ4v) is 4.55. The highest BCUT2D eigenvalue weighted by molar-refractivity contribution is 5.94. The van der Waals surface area contributed by atoms with Crippen LogP contribution in [0, 0.1) is 17.8 Å². The highest BCUT2D eigenvalue weighted by Gasteiger charge is 2.65. The third-order valence-corrected chi connectivity index (χ3v) is 5.41. The first kappa shape index (κ1) is 13.1. The minimum Gasteiger partial charge on any atom is -0.455 e. The van der Waals surface area contributed by atoms with E-state index < -0.39 is 5.60 Å². The lowest BCUT2D eigenvalue weighted by Crippen LogP contribution is -2.45. The molecule has 2 aliphatic carbocycles. The molecule has 1 N–H and O–H groups in total. The van der Waals surface area contributed by atoms with Gasteiger partial charge in [-0.15, -0.1) is 0 Å². The van der Waals surface area contributed by atoms with Gasteiger partial charge in [-0.05, 0) is 36.7 Å². The van der Waals surface area contributed by atoms with E-state index in [4.69, 9.17) is 4.74 Å². The molecule has 0 radical (unpaired) electrons. The van der Waals surface area contributed by atoms with Crippen molar-refractivity contribution in [1.29, 1.82) is 0 Å². The number of allylic oxidation sites excluding steroid dienone is 1. The van der Waals surface area contributed by atoms with Crippen molar-refractivity contribution in [2.45, 2.75) is 37.9 Å². The monoisotopic (exact) mass is 284 g/mol. The van der Waals surface area contributed by atoms with Gasteiger partial charge in [0.2, 0.25) is 0 Å². The highest BCUT2D eigenvalue weighted by atomic mass is 16.6. The Labute approximate surface area is 124 Å². The van der Waals surface area contributed by atoms with Gasteiger partial charge in [0.05, 0.1) is 5.57 Å². The second-order valence-corrected chi connectivity index (χ2v) is 6.83. The molecule has 1 unspecified atom stereocenters. The molecule has 1 saturated carbocycles. The van der Waals surface area contributed by atoms with Crippen LogP contribution in [0.5, 0.6) is 0 Å². The number of rotatable bonds is 2. The molecule has 1 heterocycles. The quantitative estimate of drug-likeness (QED) is 0.849. The van der Waals surface area contributed by atoms with E-state index in [0.29, 0.717) is 11.5 Å². The fraction of sp³-hybridized carbons (Fsp3) is 0.500. The van der Waals surface area contributed by atoms with Gasteiger partial charge in [0.1, 0.15) is 11.7 Å². The van der Waals surface area contributed by atoms with E-state index in [1.807, 2.05) is 24.3 Å². The van der Waals surface area contributed by atoms with Crippen LogP contribution >= 0.6 is 0 Å². The fourth-order valence-electron chi connectivity index (χ4n) is 4.55. The SMILES string of the molecule is C[C@H]1C=C2C(=O)OC3[C@H](Cc4ccccc4)C[C@H](C1)[C@]23O. The number of aliphatic hydroxyl groups is 1. The Morgan fingerprint density at radius 1 is 1.29 bits per heavy atom. The molecule has 21 heavy (non-hydrogen) atoms. The molecular weight excluding hydrogens is 264 g/mol. The van der Waals surface area contributed by atoms with E-state index in [1.165, 1.54) is 5.56 Å². The molecule has 0 spiro atoms. The minimum absolute atomic E-state index is 0.151. The van der Waals surface area contributed by atoms with Crippen LogP contribution in [-0.4, -0.2) is 22.8 Å². The smallest absolute Gasteiger partial charge is 0.337 e. The minimum atomic E-state index is -1.04. The van der Waals surface area contributed by atoms with Crippen LogP contribution in [0.25, 0.3) is 0 Å². The maximum atomic E-state index is 12.1. The highest BCUT2D eigenvalue weighted by Crippen LogP contribution is 2.55. The number of hydrogen-bond donors (Lipinski definition) is 1. The summed E-state index contributed by atoms with van der Waals surface area (Å²) in [6.07, 6.45) is 4.29. The maximum Gasteiger partial charge on any atom is 0.337 e. The van der Waals surface area contributed by atoms with Crippen molar-refractivity contribution in [2.24, 2.45) is 17.8 Å². The number of hydrogen-bond acceptors (Lipinski definition) is 3. The van der Waals surface area contributed by atoms with E-state index in [-0.39, 0.29) is 23.9 Å². The zero-order valence-electron chi connectivity index (χ0n) is 12.2. The first-order valence-electron chi connectivity index (χ1n) is 7.78. The Balaban J connectivity index is 1.67. The normalized spacial score (nSPS) is 40.7. The molecule has 1 aliphatic heterocycles. The molecule has 3 aliphatic rings. The zero-order chi connectivity index (χ0) is 14.6. The molecule has 0 amide bonds. The Hall–Kier alpha value is -1.61. The number of esters is 1. The molecule has 1 aromatic rings. The molecule has 5 atom stereocenters. The van der Waals surface area contributed by atoms with Crippen LogP contribution in [0.15, 0.2) is 42.0 Å². The Kier molecular flexibility index (Phi) is 2.77. The molecule has 110 valence electrons. The van der Waals surface area contributed by atoms with Crippen molar-refractivity contribution in [3.05, 3.63) is 47.5 Å². The summed E-state index contributed by atoms with van der Waals surface area (Å²) in [5.74, 6) is 0.393. The zero-order valence-corrected chi connectivity index (χ0v) is 12.2. The number of carbonyl (C=O) groups excluding carboxylic acids is 1. The van der Waals surface area contributed by atoms with Gasteiger partial charge in [-0.2, -0.15) is 0 Å². The molecule has 3 heteroatoms. The summed E-state index contributed by atoms with van der Waals surface area (Å²) in [6.45, 7) is 2.11. The maximum absolute atomic E-state index is 12.1. The summed E-state index contributed by atoms with van der Waals surface area (Å²) in [5.41, 5.74) is 0.723. The summed E-state index contributed by atoms with van der Waals surface area (Å²) in [4.78, 5) is 12.1. The molecule has 2 fully saturated rings. The Morgan fingerprint density at radius 3 is 2.81 bits per heavy atom. The van der Waals surface area contributed by atoms with Gasteiger partial charge in [0.15, 0.2) is 0 Å². The molecular formula is C18H20O3. The lowest BCUT2D eigenvalue weighted by atomic mass is 9.73. The van der Waals surface area contributed by atoms with E-state index in [9.17, 15) is 9.90 Å². The average Bonchev–Trinajstić information content (AvgIpc) is 2.87. The van der Waals surface area contributed by atoms with E-state index >= 15 is 0 Å². The summed E-state index contributed by atoms with van der Waals surface area (Å²) in [5, 5.41) is 11.1. The van der Waals surface area contributed by atoms with Gasteiger partial charge in [-0.3, -0.25) is 0 Å². The topological polar surface area (TPSA) is 46.5 Å². The van der Waals surface area contributed by atoms with Gasteiger partial charge < -0.3 is 9.84 Å². The largest absolute Gasteiger partial charge is 0.455 e. The van der Waals surface area contributed by atoms with Crippen LogP contribution in [0.4, 0.5) is 0 Å². The van der Waals surface area contributed by atoms with Crippen LogP contribution in [0.1, 0.15) is 25.3 Å². The van der Waals surface area contributed by atoms with Crippen LogP contribution in [0.2, 0.25) is 0 Å². The van der Waals surface area contributed by atoms with Crippen molar-refractivity contribution < 1.29 is 14.6 Å². The number of carbonyl (C=O) groups is 1. The summed E-state index contributed by atoms with van der Waals surface area (Å²) in [7, 11) is 0. The predicted octanol–water partition coefficient (Wildman–Crippen LogP) is 2.49. The van der Waals surface area contributed by atoms with Gasteiger partial charge in [0, 0.05) is 5.92 Å². The first-order valence-corrected chi connectivity index (χ1v) is 7.78. The van der Waals surface area contributed by atoms with Gasteiger partial charge in [-0.25, -0.2) is 4.79 Å². The Bertz CT molecular complexity index is 606. The van der Waals surface area contributed by atoms with Gasteiger partial charge in [-0.1, -0.05) is 43.3 Å². The second kappa shape index (κ2) is 4.44. The number of ether oxygens (including phenoxy) is 1. The van der Waals surface area contributed by atoms with Crippen molar-refractivity contribution in [3.8, 4) is 0 Å². The van der Waals surface area contributed by atoms with Crippen molar-refractivity contribution >= 4 is 5.97 Å². The second-order valence-electron chi connectivity index (χ2n) is 6.83. The third kappa shape index (κ3) is 1.80. The number of benzene rings is 1. The predicted molar refractivity (Wildman–Crippen MR) is 78.4 cm³/mol.